The minimum absolute atomic E-state index is 0.0792. The molecule has 0 radical (unpaired) electrons. The van der Waals surface area contributed by atoms with Crippen molar-refractivity contribution in [3.05, 3.63) is 66.1 Å². The van der Waals surface area contributed by atoms with Gasteiger partial charge in [0, 0.05) is 6.04 Å². The molecule has 4 fully saturated rings. The molecule has 4 nitrogen and oxygen atoms in total. The van der Waals surface area contributed by atoms with E-state index in [0.717, 1.165) is 23.0 Å². The topological polar surface area (TPSA) is 51.5 Å². The molecule has 0 spiro atoms. The van der Waals surface area contributed by atoms with Crippen molar-refractivity contribution in [1.82, 2.24) is 5.32 Å². The van der Waals surface area contributed by atoms with Crippen LogP contribution in [0, 0.1) is 23.7 Å². The van der Waals surface area contributed by atoms with Gasteiger partial charge in [0.1, 0.15) is 18.1 Å². The fourth-order valence-electron chi connectivity index (χ4n) is 6.37. The molecule has 0 saturated heterocycles. The Morgan fingerprint density at radius 3 is 2.40 bits per heavy atom. The maximum absolute atomic E-state index is 12.8. The molecule has 0 atom stereocenters. The van der Waals surface area contributed by atoms with Crippen LogP contribution in [-0.2, 0) is 6.61 Å². The summed E-state index contributed by atoms with van der Waals surface area (Å²) in [6.07, 6.45) is 6.59. The number of amides is 1. The van der Waals surface area contributed by atoms with Crippen molar-refractivity contribution in [3.63, 3.8) is 0 Å². The summed E-state index contributed by atoms with van der Waals surface area (Å²) in [5.41, 5.74) is 0. The zero-order chi connectivity index (χ0) is 20.1. The summed E-state index contributed by atoms with van der Waals surface area (Å²) in [6, 6.07) is 18.2. The molecule has 4 bridgehead atoms. The average molecular weight is 402 g/mol. The van der Waals surface area contributed by atoms with E-state index in [4.69, 9.17) is 9.15 Å². The second kappa shape index (κ2) is 7.19. The summed E-state index contributed by atoms with van der Waals surface area (Å²) in [5.74, 6) is 4.91. The second-order valence-corrected chi connectivity index (χ2v) is 9.49. The third kappa shape index (κ3) is 3.28. The fraction of sp³-hybridized carbons (Fsp3) is 0.423. The molecule has 4 aliphatic carbocycles. The molecule has 0 aliphatic heterocycles. The van der Waals surface area contributed by atoms with Crippen LogP contribution in [0.3, 0.4) is 0 Å². The van der Waals surface area contributed by atoms with Gasteiger partial charge in [0.25, 0.3) is 5.91 Å². The first-order chi connectivity index (χ1) is 14.7. The van der Waals surface area contributed by atoms with Gasteiger partial charge in [0.05, 0.1) is 0 Å². The van der Waals surface area contributed by atoms with E-state index in [1.54, 1.807) is 6.07 Å². The number of hydrogen-bond donors (Lipinski definition) is 1. The highest BCUT2D eigenvalue weighted by Crippen LogP contribution is 2.53. The van der Waals surface area contributed by atoms with E-state index >= 15 is 0 Å². The molecular formula is C26H27NO3. The summed E-state index contributed by atoms with van der Waals surface area (Å²) in [4.78, 5) is 12.8. The number of nitrogens with one attached hydrogen (secondary N) is 1. The molecular weight excluding hydrogens is 374 g/mol. The van der Waals surface area contributed by atoms with Crippen molar-refractivity contribution in [2.24, 2.45) is 23.7 Å². The molecule has 4 heteroatoms. The van der Waals surface area contributed by atoms with Gasteiger partial charge in [0.2, 0.25) is 0 Å². The molecule has 2 aromatic carbocycles. The summed E-state index contributed by atoms with van der Waals surface area (Å²) >= 11 is 0. The summed E-state index contributed by atoms with van der Waals surface area (Å²) < 4.78 is 11.7. The van der Waals surface area contributed by atoms with Gasteiger partial charge in [0.15, 0.2) is 5.76 Å². The molecule has 30 heavy (non-hydrogen) atoms. The lowest BCUT2D eigenvalue weighted by atomic mass is 9.54. The Bertz CT molecular complexity index is 1060. The third-order valence-electron chi connectivity index (χ3n) is 7.51. The highest BCUT2D eigenvalue weighted by molar-refractivity contribution is 5.91. The van der Waals surface area contributed by atoms with Crippen LogP contribution in [-0.4, -0.2) is 11.9 Å². The first kappa shape index (κ1) is 18.1. The molecule has 1 aromatic heterocycles. The summed E-state index contributed by atoms with van der Waals surface area (Å²) in [7, 11) is 0. The largest absolute Gasteiger partial charge is 0.486 e. The number of ether oxygens (including phenoxy) is 1. The van der Waals surface area contributed by atoms with Crippen LogP contribution in [0.2, 0.25) is 0 Å². The van der Waals surface area contributed by atoms with Crippen molar-refractivity contribution in [2.45, 2.75) is 44.8 Å². The highest BCUT2D eigenvalue weighted by Gasteiger charge is 2.48. The van der Waals surface area contributed by atoms with Crippen molar-refractivity contribution >= 4 is 16.7 Å². The SMILES string of the molecule is O=C(NC1C2CC3CC(C2)CC1C3)c1ccc(COc2ccc3ccccc3c2)o1. The average Bonchev–Trinajstić information content (AvgIpc) is 3.23. The van der Waals surface area contributed by atoms with Crippen molar-refractivity contribution < 1.29 is 13.9 Å². The monoisotopic (exact) mass is 401 g/mol. The minimum atomic E-state index is -0.0792. The third-order valence-corrected chi connectivity index (χ3v) is 7.51. The second-order valence-electron chi connectivity index (χ2n) is 9.49. The minimum Gasteiger partial charge on any atom is -0.486 e. The maximum atomic E-state index is 12.8. The Balaban J connectivity index is 1.09. The number of benzene rings is 2. The van der Waals surface area contributed by atoms with Gasteiger partial charge in [-0.2, -0.15) is 0 Å². The van der Waals surface area contributed by atoms with E-state index in [9.17, 15) is 4.79 Å². The Kier molecular flexibility index (Phi) is 4.33. The van der Waals surface area contributed by atoms with Crippen LogP contribution >= 0.6 is 0 Å². The van der Waals surface area contributed by atoms with Crippen LogP contribution in [0.5, 0.6) is 5.75 Å². The standard InChI is InChI=1S/C26H27NO3/c28-26(27-25-20-10-16-9-17(12-20)13-21(25)11-16)24-8-7-23(30-24)15-29-22-6-5-18-3-1-2-4-19(18)14-22/h1-8,14,16-17,20-21,25H,9-13,15H2,(H,27,28). The van der Waals surface area contributed by atoms with Crippen LogP contribution in [0.15, 0.2) is 59.0 Å². The first-order valence-electron chi connectivity index (χ1n) is 11.2. The van der Waals surface area contributed by atoms with Gasteiger partial charge in [-0.1, -0.05) is 30.3 Å². The molecule has 1 heterocycles. The lowest BCUT2D eigenvalue weighted by Crippen LogP contribution is -2.55. The van der Waals surface area contributed by atoms with Gasteiger partial charge in [-0.15, -0.1) is 0 Å². The van der Waals surface area contributed by atoms with Crippen LogP contribution < -0.4 is 10.1 Å². The number of carbonyl (C=O) groups excluding carboxylic acids is 1. The Labute approximate surface area is 176 Å². The fourth-order valence-corrected chi connectivity index (χ4v) is 6.37. The predicted octanol–water partition coefficient (Wildman–Crippen LogP) is 5.57. The van der Waals surface area contributed by atoms with Crippen molar-refractivity contribution in [3.8, 4) is 5.75 Å². The lowest BCUT2D eigenvalue weighted by Gasteiger charge is -2.54. The predicted molar refractivity (Wildman–Crippen MR) is 115 cm³/mol. The quantitative estimate of drug-likeness (QED) is 0.608. The summed E-state index contributed by atoms with van der Waals surface area (Å²) in [5, 5.41) is 5.64. The van der Waals surface area contributed by atoms with Crippen molar-refractivity contribution in [2.75, 3.05) is 0 Å². The normalized spacial score (nSPS) is 29.3. The first-order valence-corrected chi connectivity index (χ1v) is 11.2. The summed E-state index contributed by atoms with van der Waals surface area (Å²) in [6.45, 7) is 0.309. The van der Waals surface area contributed by atoms with Crippen LogP contribution in [0.4, 0.5) is 0 Å². The molecule has 3 aromatic rings. The number of furan rings is 1. The Morgan fingerprint density at radius 1 is 0.900 bits per heavy atom. The van der Waals surface area contributed by atoms with E-state index in [1.807, 2.05) is 30.3 Å². The van der Waals surface area contributed by atoms with Crippen molar-refractivity contribution in [1.29, 1.82) is 0 Å². The zero-order valence-corrected chi connectivity index (χ0v) is 17.1. The van der Waals surface area contributed by atoms with E-state index in [2.05, 4.69) is 23.5 Å². The lowest BCUT2D eigenvalue weighted by molar-refractivity contribution is -0.0123. The van der Waals surface area contributed by atoms with Gasteiger partial charge < -0.3 is 14.5 Å². The molecule has 0 unspecified atom stereocenters. The van der Waals surface area contributed by atoms with Gasteiger partial charge in [-0.05, 0) is 90.8 Å². The number of carbonyl (C=O) groups is 1. The van der Waals surface area contributed by atoms with E-state index in [0.29, 0.717) is 36.0 Å². The zero-order valence-electron chi connectivity index (χ0n) is 17.1. The Hall–Kier alpha value is -2.75. The van der Waals surface area contributed by atoms with Gasteiger partial charge in [-0.25, -0.2) is 0 Å². The molecule has 4 saturated carbocycles. The van der Waals surface area contributed by atoms with E-state index in [1.165, 1.54) is 37.5 Å². The molecule has 1 amide bonds. The van der Waals surface area contributed by atoms with Crippen LogP contribution in [0.25, 0.3) is 10.8 Å². The smallest absolute Gasteiger partial charge is 0.287 e. The van der Waals surface area contributed by atoms with E-state index < -0.39 is 0 Å². The van der Waals surface area contributed by atoms with E-state index in [-0.39, 0.29) is 5.91 Å². The molecule has 7 rings (SSSR count). The molecule has 1 N–H and O–H groups in total. The highest BCUT2D eigenvalue weighted by atomic mass is 16.5. The maximum Gasteiger partial charge on any atom is 0.287 e. The van der Waals surface area contributed by atoms with Crippen LogP contribution in [0.1, 0.15) is 48.4 Å². The van der Waals surface area contributed by atoms with Gasteiger partial charge >= 0.3 is 0 Å². The number of hydrogen-bond acceptors (Lipinski definition) is 3. The number of fused-ring (bicyclic) bond motifs is 1. The molecule has 4 aliphatic rings. The number of rotatable bonds is 5. The molecule has 154 valence electrons. The Morgan fingerprint density at radius 2 is 1.63 bits per heavy atom. The van der Waals surface area contributed by atoms with Gasteiger partial charge in [-0.3, -0.25) is 4.79 Å².